The highest BCUT2D eigenvalue weighted by Gasteiger charge is 2.40. The van der Waals surface area contributed by atoms with Gasteiger partial charge < -0.3 is 4.74 Å². The first kappa shape index (κ1) is 18.7. The molecule has 0 bridgehead atoms. The van der Waals surface area contributed by atoms with Crippen molar-refractivity contribution in [2.24, 2.45) is 0 Å². The van der Waals surface area contributed by atoms with Crippen molar-refractivity contribution in [3.63, 3.8) is 0 Å². The molecular weight excluding hydrogens is 296 g/mol. The molecule has 2 nitrogen and oxygen atoms in total. The molecule has 0 amide bonds. The van der Waals surface area contributed by atoms with E-state index in [2.05, 4.69) is 57.2 Å². The van der Waals surface area contributed by atoms with Crippen LogP contribution in [0.2, 0.25) is 0 Å². The molecule has 2 heteroatoms. The van der Waals surface area contributed by atoms with Gasteiger partial charge in [-0.2, -0.15) is 0 Å². The normalized spacial score (nSPS) is 21.4. The highest BCUT2D eigenvalue weighted by Crippen LogP contribution is 2.30. The molecule has 0 radical (unpaired) electrons. The van der Waals surface area contributed by atoms with Crippen LogP contribution in [0.25, 0.3) is 0 Å². The number of aryl methyl sites for hydroxylation is 1. The summed E-state index contributed by atoms with van der Waals surface area (Å²) in [6.45, 7) is 10.1. The van der Waals surface area contributed by atoms with E-state index in [4.69, 9.17) is 4.74 Å². The van der Waals surface area contributed by atoms with Crippen LogP contribution >= 0.6 is 0 Å². The Bertz CT molecular complexity index is 650. The van der Waals surface area contributed by atoms with E-state index in [1.165, 1.54) is 22.3 Å². The van der Waals surface area contributed by atoms with Gasteiger partial charge in [0.25, 0.3) is 0 Å². The second-order valence-corrected chi connectivity index (χ2v) is 7.47. The minimum Gasteiger partial charge on any atom is -0.360 e. The van der Waals surface area contributed by atoms with Crippen molar-refractivity contribution >= 4 is 5.78 Å². The Hall–Kier alpha value is -1.67. The van der Waals surface area contributed by atoms with Crippen molar-refractivity contribution in [3.8, 4) is 0 Å². The second kappa shape index (κ2) is 7.94. The third kappa shape index (κ3) is 5.17. The summed E-state index contributed by atoms with van der Waals surface area (Å²) in [4.78, 5) is 11.9. The van der Waals surface area contributed by atoms with E-state index in [0.717, 1.165) is 19.3 Å². The lowest BCUT2D eigenvalue weighted by Crippen LogP contribution is -2.27. The van der Waals surface area contributed by atoms with Crippen LogP contribution in [0.5, 0.6) is 0 Å². The summed E-state index contributed by atoms with van der Waals surface area (Å²) in [7, 11) is 0. The van der Waals surface area contributed by atoms with Gasteiger partial charge in [-0.05, 0) is 65.0 Å². The maximum absolute atomic E-state index is 11.9. The number of hydrogen-bond donors (Lipinski definition) is 0. The summed E-state index contributed by atoms with van der Waals surface area (Å²) in [6.07, 6.45) is 8.05. The lowest BCUT2D eigenvalue weighted by molar-refractivity contribution is -0.129. The molecule has 1 aromatic carbocycles. The smallest absolute Gasteiger partial charge is 0.167 e. The van der Waals surface area contributed by atoms with E-state index in [9.17, 15) is 4.79 Å². The monoisotopic (exact) mass is 326 g/mol. The average molecular weight is 326 g/mol. The molecule has 1 saturated heterocycles. The fraction of sp³-hybridized carbons (Fsp3) is 0.500. The van der Waals surface area contributed by atoms with Gasteiger partial charge in [0, 0.05) is 6.42 Å². The molecule has 0 N–H and O–H groups in total. The van der Waals surface area contributed by atoms with Gasteiger partial charge >= 0.3 is 0 Å². The third-order valence-corrected chi connectivity index (χ3v) is 4.76. The van der Waals surface area contributed by atoms with Gasteiger partial charge in [0.2, 0.25) is 0 Å². The molecule has 0 aliphatic carbocycles. The number of allylic oxidation sites excluding steroid dienone is 3. The molecule has 1 unspecified atom stereocenters. The Labute approximate surface area is 146 Å². The number of rotatable bonds is 6. The molecule has 130 valence electrons. The van der Waals surface area contributed by atoms with Gasteiger partial charge in [-0.15, -0.1) is 0 Å². The van der Waals surface area contributed by atoms with E-state index in [1.54, 1.807) is 0 Å². The van der Waals surface area contributed by atoms with Crippen LogP contribution in [0.3, 0.4) is 0 Å². The summed E-state index contributed by atoms with van der Waals surface area (Å²) in [5.74, 6) is 0.203. The number of Topliss-reactive ketones (excluding diaryl/α,β-unsaturated/α-hetero) is 1. The zero-order valence-corrected chi connectivity index (χ0v) is 15.7. The van der Waals surface area contributed by atoms with Crippen LogP contribution in [-0.2, 0) is 16.0 Å². The molecule has 1 aromatic rings. The molecule has 0 spiro atoms. The average Bonchev–Trinajstić information content (AvgIpc) is 2.79. The Morgan fingerprint density at radius 2 is 2.04 bits per heavy atom. The van der Waals surface area contributed by atoms with Crippen LogP contribution < -0.4 is 0 Å². The highest BCUT2D eigenvalue weighted by molar-refractivity contribution is 5.89. The molecular formula is C22H30O2. The molecule has 1 aliphatic rings. The summed E-state index contributed by atoms with van der Waals surface area (Å²) < 4.78 is 5.86. The Kier molecular flexibility index (Phi) is 6.17. The van der Waals surface area contributed by atoms with Gasteiger partial charge in [-0.1, -0.05) is 47.6 Å². The molecule has 0 saturated carbocycles. The second-order valence-electron chi connectivity index (χ2n) is 7.47. The van der Waals surface area contributed by atoms with Gasteiger partial charge in [-0.25, -0.2) is 0 Å². The van der Waals surface area contributed by atoms with Gasteiger partial charge in [0.05, 0.1) is 6.10 Å². The maximum atomic E-state index is 11.9. The number of hydrogen-bond acceptors (Lipinski definition) is 2. The lowest BCUT2D eigenvalue weighted by Gasteiger charge is -2.18. The van der Waals surface area contributed by atoms with Crippen molar-refractivity contribution in [2.75, 3.05) is 0 Å². The van der Waals surface area contributed by atoms with Crippen molar-refractivity contribution in [2.45, 2.75) is 72.0 Å². The highest BCUT2D eigenvalue weighted by atomic mass is 16.5. The van der Waals surface area contributed by atoms with E-state index >= 15 is 0 Å². The summed E-state index contributed by atoms with van der Waals surface area (Å²) in [5, 5.41) is 0. The Balaban J connectivity index is 1.82. The number of carbonyl (C=O) groups is 1. The van der Waals surface area contributed by atoms with Crippen molar-refractivity contribution in [1.82, 2.24) is 0 Å². The van der Waals surface area contributed by atoms with Gasteiger partial charge in [0.15, 0.2) is 5.78 Å². The van der Waals surface area contributed by atoms with Gasteiger partial charge in [-0.3, -0.25) is 4.79 Å². The molecule has 24 heavy (non-hydrogen) atoms. The van der Waals surface area contributed by atoms with Crippen molar-refractivity contribution in [3.05, 3.63) is 58.7 Å². The topological polar surface area (TPSA) is 26.3 Å². The molecule has 1 fully saturated rings. The number of carbonyl (C=O) groups excluding carboxylic acids is 1. The summed E-state index contributed by atoms with van der Waals surface area (Å²) in [6, 6.07) is 8.66. The molecule has 0 aromatic heterocycles. The maximum Gasteiger partial charge on any atom is 0.167 e. The Morgan fingerprint density at radius 3 is 2.67 bits per heavy atom. The minimum absolute atomic E-state index is 0.0379. The number of ether oxygens (including phenoxy) is 1. The third-order valence-electron chi connectivity index (χ3n) is 4.76. The lowest BCUT2D eigenvalue weighted by atomic mass is 10.0. The van der Waals surface area contributed by atoms with E-state index in [1.807, 2.05) is 13.8 Å². The SMILES string of the molecule is C/C(=C\Cc1cccc(C)c1)CC/C=C(\C)C1CC(=O)C(C)(C)O1. The first-order valence-corrected chi connectivity index (χ1v) is 8.87. The minimum atomic E-state index is -0.622. The quantitative estimate of drug-likeness (QED) is 0.659. The predicted octanol–water partition coefficient (Wildman–Crippen LogP) is 5.35. The standard InChI is InChI=1S/C22H30O2/c1-16(12-13-19-11-7-9-17(2)14-19)8-6-10-18(3)20-15-21(23)22(4,5)24-20/h7,9-12,14,20H,6,8,13,15H2,1-5H3/b16-12+,18-10+. The molecule has 1 atom stereocenters. The van der Waals surface area contributed by atoms with Crippen LogP contribution in [0.4, 0.5) is 0 Å². The predicted molar refractivity (Wildman–Crippen MR) is 100 cm³/mol. The summed E-state index contributed by atoms with van der Waals surface area (Å²) in [5.41, 5.74) is 4.64. The van der Waals surface area contributed by atoms with E-state index in [-0.39, 0.29) is 11.9 Å². The van der Waals surface area contributed by atoms with Crippen LogP contribution in [0.1, 0.15) is 58.1 Å². The van der Waals surface area contributed by atoms with Crippen molar-refractivity contribution in [1.29, 1.82) is 0 Å². The Morgan fingerprint density at radius 1 is 1.29 bits per heavy atom. The largest absolute Gasteiger partial charge is 0.360 e. The zero-order chi connectivity index (χ0) is 17.7. The van der Waals surface area contributed by atoms with Crippen LogP contribution in [-0.4, -0.2) is 17.5 Å². The van der Waals surface area contributed by atoms with Crippen molar-refractivity contribution < 1.29 is 9.53 Å². The first-order chi connectivity index (χ1) is 11.3. The number of ketones is 1. The van der Waals surface area contributed by atoms with Crippen LogP contribution in [0.15, 0.2) is 47.6 Å². The molecule has 1 aliphatic heterocycles. The first-order valence-electron chi connectivity index (χ1n) is 8.87. The van der Waals surface area contributed by atoms with E-state index in [0.29, 0.717) is 6.42 Å². The number of benzene rings is 1. The summed E-state index contributed by atoms with van der Waals surface area (Å²) >= 11 is 0. The van der Waals surface area contributed by atoms with E-state index < -0.39 is 5.60 Å². The fourth-order valence-electron chi connectivity index (χ4n) is 3.02. The molecule has 2 rings (SSSR count). The van der Waals surface area contributed by atoms with Crippen LogP contribution in [0, 0.1) is 6.92 Å². The zero-order valence-electron chi connectivity index (χ0n) is 15.7. The molecule has 1 heterocycles. The fourth-order valence-corrected chi connectivity index (χ4v) is 3.02. The van der Waals surface area contributed by atoms with Gasteiger partial charge in [0.1, 0.15) is 5.60 Å².